The average molecular weight is 461 g/mol. The summed E-state index contributed by atoms with van der Waals surface area (Å²) in [6.45, 7) is 9.49. The Morgan fingerprint density at radius 2 is 1.94 bits per heavy atom. The number of aromatic nitrogens is 1. The van der Waals surface area contributed by atoms with Crippen molar-refractivity contribution in [1.82, 2.24) is 20.1 Å². The number of H-pyrrole nitrogens is 1. The summed E-state index contributed by atoms with van der Waals surface area (Å²) < 4.78 is 5.76. The summed E-state index contributed by atoms with van der Waals surface area (Å²) in [5, 5.41) is 4.36. The third-order valence-corrected chi connectivity index (χ3v) is 6.95. The van der Waals surface area contributed by atoms with Gasteiger partial charge in [0, 0.05) is 42.1 Å². The summed E-state index contributed by atoms with van der Waals surface area (Å²) in [5.41, 5.74) is 3.05. The molecule has 2 N–H and O–H groups in total. The molecule has 3 heterocycles. The predicted molar refractivity (Wildman–Crippen MR) is 132 cm³/mol. The standard InChI is InChI=1S/C27H32N4O3/c1-5-34-19-11-12-22-20(15-19)21-16-27(4)25(32)30(14-13-28-17(2)3)26(33)31(27)24(23(21)29-22)18-9-7-6-8-10-18/h6-12,15,17,24,28-29H,5,13-14,16H2,1-4H3/t24-,27+/m1/s1. The van der Waals surface area contributed by atoms with Crippen LogP contribution in [0.25, 0.3) is 10.9 Å². The van der Waals surface area contributed by atoms with Crippen molar-refractivity contribution in [2.24, 2.45) is 0 Å². The van der Waals surface area contributed by atoms with Crippen molar-refractivity contribution in [3.05, 3.63) is 65.4 Å². The molecule has 7 nitrogen and oxygen atoms in total. The van der Waals surface area contributed by atoms with Crippen molar-refractivity contribution < 1.29 is 14.3 Å². The van der Waals surface area contributed by atoms with Gasteiger partial charge >= 0.3 is 6.03 Å². The Labute approximate surface area is 200 Å². The van der Waals surface area contributed by atoms with Gasteiger partial charge in [-0.3, -0.25) is 14.6 Å². The molecular weight excluding hydrogens is 428 g/mol. The molecule has 2 aliphatic heterocycles. The number of amides is 3. The minimum atomic E-state index is -0.959. The van der Waals surface area contributed by atoms with Crippen LogP contribution in [-0.2, 0) is 11.2 Å². The van der Waals surface area contributed by atoms with Crippen molar-refractivity contribution in [2.45, 2.75) is 51.7 Å². The smallest absolute Gasteiger partial charge is 0.328 e. The van der Waals surface area contributed by atoms with Crippen molar-refractivity contribution in [3.63, 3.8) is 0 Å². The van der Waals surface area contributed by atoms with Gasteiger partial charge < -0.3 is 15.0 Å². The number of nitrogens with one attached hydrogen (secondary N) is 2. The minimum absolute atomic E-state index is 0.134. The quantitative estimate of drug-likeness (QED) is 0.517. The van der Waals surface area contributed by atoms with E-state index in [1.165, 1.54) is 4.90 Å². The van der Waals surface area contributed by atoms with E-state index in [0.29, 0.717) is 26.1 Å². The lowest BCUT2D eigenvalue weighted by Gasteiger charge is -2.42. The number of carbonyl (C=O) groups excluding carboxylic acids is 2. The zero-order valence-corrected chi connectivity index (χ0v) is 20.2. The van der Waals surface area contributed by atoms with E-state index >= 15 is 0 Å². The van der Waals surface area contributed by atoms with E-state index in [0.717, 1.165) is 33.5 Å². The van der Waals surface area contributed by atoms with Crippen molar-refractivity contribution in [2.75, 3.05) is 19.7 Å². The Kier molecular flexibility index (Phi) is 5.60. The molecule has 0 spiro atoms. The number of hydrogen-bond donors (Lipinski definition) is 2. The number of fused-ring (bicyclic) bond motifs is 4. The van der Waals surface area contributed by atoms with Crippen LogP contribution < -0.4 is 10.1 Å². The van der Waals surface area contributed by atoms with Crippen LogP contribution in [0.5, 0.6) is 5.75 Å². The first kappa shape index (κ1) is 22.5. The molecule has 0 aliphatic carbocycles. The van der Waals surface area contributed by atoms with Gasteiger partial charge in [0.2, 0.25) is 0 Å². The van der Waals surface area contributed by atoms with Gasteiger partial charge in [0.25, 0.3) is 5.91 Å². The van der Waals surface area contributed by atoms with Gasteiger partial charge in [0.05, 0.1) is 6.61 Å². The van der Waals surface area contributed by atoms with Crippen molar-refractivity contribution >= 4 is 22.8 Å². The van der Waals surface area contributed by atoms with Gasteiger partial charge in [-0.2, -0.15) is 0 Å². The highest BCUT2D eigenvalue weighted by Crippen LogP contribution is 2.48. The Morgan fingerprint density at radius 1 is 1.18 bits per heavy atom. The second kappa shape index (κ2) is 8.47. The summed E-state index contributed by atoms with van der Waals surface area (Å²) in [5.74, 6) is 0.667. The molecule has 3 amide bonds. The molecule has 0 unspecified atom stereocenters. The molecule has 0 saturated carbocycles. The molecule has 34 heavy (non-hydrogen) atoms. The van der Waals surface area contributed by atoms with Crippen LogP contribution in [0.15, 0.2) is 48.5 Å². The first-order valence-corrected chi connectivity index (χ1v) is 12.1. The zero-order chi connectivity index (χ0) is 24.0. The second-order valence-electron chi connectivity index (χ2n) is 9.64. The molecule has 5 rings (SSSR count). The average Bonchev–Trinajstić information content (AvgIpc) is 3.26. The molecule has 7 heteroatoms. The highest BCUT2D eigenvalue weighted by Gasteiger charge is 2.60. The molecule has 178 valence electrons. The van der Waals surface area contributed by atoms with Crippen LogP contribution in [0.3, 0.4) is 0 Å². The number of hydrogen-bond acceptors (Lipinski definition) is 4. The zero-order valence-electron chi connectivity index (χ0n) is 20.2. The van der Waals surface area contributed by atoms with E-state index in [1.54, 1.807) is 4.90 Å². The molecule has 3 aromatic rings. The highest BCUT2D eigenvalue weighted by molar-refractivity contribution is 6.08. The van der Waals surface area contributed by atoms with E-state index in [1.807, 2.05) is 62.4 Å². The highest BCUT2D eigenvalue weighted by atomic mass is 16.5. The second-order valence-corrected chi connectivity index (χ2v) is 9.64. The number of nitrogens with zero attached hydrogens (tertiary/aromatic N) is 2. The molecule has 2 atom stereocenters. The van der Waals surface area contributed by atoms with E-state index in [9.17, 15) is 9.59 Å². The van der Waals surface area contributed by atoms with Crippen LogP contribution in [0.2, 0.25) is 0 Å². The fraction of sp³-hybridized carbons (Fsp3) is 0.407. The number of carbonyl (C=O) groups is 2. The third kappa shape index (κ3) is 3.46. The van der Waals surface area contributed by atoms with Gasteiger partial charge in [-0.25, -0.2) is 4.79 Å². The van der Waals surface area contributed by atoms with Crippen LogP contribution in [0.4, 0.5) is 4.79 Å². The third-order valence-electron chi connectivity index (χ3n) is 6.95. The monoisotopic (exact) mass is 460 g/mol. The summed E-state index contributed by atoms with van der Waals surface area (Å²) in [6.07, 6.45) is 0.458. The Morgan fingerprint density at radius 3 is 2.65 bits per heavy atom. The molecule has 2 aromatic carbocycles. The van der Waals surface area contributed by atoms with Gasteiger partial charge in [0.1, 0.15) is 17.3 Å². The van der Waals surface area contributed by atoms with E-state index in [-0.39, 0.29) is 24.0 Å². The fourth-order valence-electron chi connectivity index (χ4n) is 5.39. The molecular formula is C27H32N4O3. The summed E-state index contributed by atoms with van der Waals surface area (Å²) in [7, 11) is 0. The van der Waals surface area contributed by atoms with Gasteiger partial charge in [-0.05, 0) is 43.2 Å². The van der Waals surface area contributed by atoms with Gasteiger partial charge in [0.15, 0.2) is 0 Å². The van der Waals surface area contributed by atoms with Gasteiger partial charge in [-0.1, -0.05) is 44.2 Å². The Hall–Kier alpha value is -3.32. The Bertz CT molecular complexity index is 1240. The van der Waals surface area contributed by atoms with Crippen LogP contribution in [-0.4, -0.2) is 58.0 Å². The normalized spacial score (nSPS) is 22.0. The summed E-state index contributed by atoms with van der Waals surface area (Å²) >= 11 is 0. The molecule has 1 aromatic heterocycles. The SMILES string of the molecule is CCOc1ccc2[nH]c3c(c2c1)C[C@@]1(C)C(=O)N(CCNC(C)C)C(=O)N1[C@@H]3c1ccccc1. The first-order chi connectivity index (χ1) is 16.3. The maximum absolute atomic E-state index is 13.8. The van der Waals surface area contributed by atoms with E-state index in [4.69, 9.17) is 4.74 Å². The van der Waals surface area contributed by atoms with E-state index in [2.05, 4.69) is 24.1 Å². The lowest BCUT2D eigenvalue weighted by atomic mass is 9.81. The predicted octanol–water partition coefficient (Wildman–Crippen LogP) is 4.23. The molecule has 1 fully saturated rings. The maximum atomic E-state index is 13.8. The first-order valence-electron chi connectivity index (χ1n) is 12.1. The van der Waals surface area contributed by atoms with Crippen LogP contribution >= 0.6 is 0 Å². The van der Waals surface area contributed by atoms with Crippen LogP contribution in [0, 0.1) is 0 Å². The van der Waals surface area contributed by atoms with E-state index < -0.39 is 5.54 Å². The number of imide groups is 1. The maximum Gasteiger partial charge on any atom is 0.328 e. The molecule has 1 saturated heterocycles. The Balaban J connectivity index is 1.64. The number of benzene rings is 2. The van der Waals surface area contributed by atoms with Crippen molar-refractivity contribution in [1.29, 1.82) is 0 Å². The number of urea groups is 1. The lowest BCUT2D eigenvalue weighted by Crippen LogP contribution is -2.53. The molecule has 2 aliphatic rings. The number of ether oxygens (including phenoxy) is 1. The largest absolute Gasteiger partial charge is 0.494 e. The number of aromatic amines is 1. The lowest BCUT2D eigenvalue weighted by molar-refractivity contribution is -0.133. The van der Waals surface area contributed by atoms with Gasteiger partial charge in [-0.15, -0.1) is 0 Å². The molecule has 0 radical (unpaired) electrons. The summed E-state index contributed by atoms with van der Waals surface area (Å²) in [4.78, 5) is 34.3. The minimum Gasteiger partial charge on any atom is -0.494 e. The van der Waals surface area contributed by atoms with Crippen molar-refractivity contribution in [3.8, 4) is 5.75 Å². The summed E-state index contributed by atoms with van der Waals surface area (Å²) in [6, 6.07) is 15.7. The number of rotatable bonds is 7. The molecule has 0 bridgehead atoms. The topological polar surface area (TPSA) is 77.7 Å². The van der Waals surface area contributed by atoms with Crippen LogP contribution in [0.1, 0.15) is 50.6 Å². The fourth-order valence-corrected chi connectivity index (χ4v) is 5.39.